The molecule has 3 rings (SSSR count). The van der Waals surface area contributed by atoms with E-state index in [9.17, 15) is 0 Å². The maximum atomic E-state index is 5.99. The zero-order valence-electron chi connectivity index (χ0n) is 12.8. The Hall–Kier alpha value is -0.900. The van der Waals surface area contributed by atoms with Gasteiger partial charge in [0, 0.05) is 31.5 Å². The first-order valence-electron chi connectivity index (χ1n) is 7.92. The molecular formula is C17H28N3+. The van der Waals surface area contributed by atoms with Crippen LogP contribution in [0.2, 0.25) is 0 Å². The SMILES string of the molecule is C[N+](C)(CCN1CC[C@H](N)C1)[C@@H]1C[C@H]1c1ccccc1. The van der Waals surface area contributed by atoms with E-state index in [0.717, 1.165) is 23.0 Å². The molecular weight excluding hydrogens is 246 g/mol. The smallest absolute Gasteiger partial charge is 0.0966 e. The van der Waals surface area contributed by atoms with Crippen molar-refractivity contribution in [2.45, 2.75) is 30.8 Å². The molecule has 110 valence electrons. The van der Waals surface area contributed by atoms with E-state index >= 15 is 0 Å². The highest BCUT2D eigenvalue weighted by atomic mass is 15.4. The lowest BCUT2D eigenvalue weighted by molar-refractivity contribution is -0.901. The summed E-state index contributed by atoms with van der Waals surface area (Å²) in [7, 11) is 4.78. The van der Waals surface area contributed by atoms with E-state index in [1.54, 1.807) is 0 Å². The summed E-state index contributed by atoms with van der Waals surface area (Å²) >= 11 is 0. The molecule has 0 bridgehead atoms. The van der Waals surface area contributed by atoms with Gasteiger partial charge in [-0.3, -0.25) is 4.90 Å². The van der Waals surface area contributed by atoms with E-state index < -0.39 is 0 Å². The second-order valence-corrected chi connectivity index (χ2v) is 7.17. The summed E-state index contributed by atoms with van der Waals surface area (Å²) in [4.78, 5) is 2.53. The Labute approximate surface area is 123 Å². The van der Waals surface area contributed by atoms with Crippen LogP contribution in [-0.2, 0) is 0 Å². The summed E-state index contributed by atoms with van der Waals surface area (Å²) < 4.78 is 1.14. The van der Waals surface area contributed by atoms with Crippen LogP contribution in [0.5, 0.6) is 0 Å². The van der Waals surface area contributed by atoms with Gasteiger partial charge in [-0.25, -0.2) is 0 Å². The van der Waals surface area contributed by atoms with Crippen LogP contribution in [0.4, 0.5) is 0 Å². The van der Waals surface area contributed by atoms with Gasteiger partial charge in [0.2, 0.25) is 0 Å². The molecule has 0 amide bonds. The van der Waals surface area contributed by atoms with Crippen molar-refractivity contribution in [3.05, 3.63) is 35.9 Å². The number of rotatable bonds is 5. The topological polar surface area (TPSA) is 29.3 Å². The molecule has 3 atom stereocenters. The molecule has 1 aliphatic heterocycles. The first kappa shape index (κ1) is 14.1. The molecule has 0 spiro atoms. The van der Waals surface area contributed by atoms with Gasteiger partial charge in [0.15, 0.2) is 0 Å². The molecule has 0 aromatic heterocycles. The number of hydrogen-bond acceptors (Lipinski definition) is 2. The van der Waals surface area contributed by atoms with Gasteiger partial charge >= 0.3 is 0 Å². The van der Waals surface area contributed by atoms with Crippen LogP contribution >= 0.6 is 0 Å². The minimum absolute atomic E-state index is 0.406. The van der Waals surface area contributed by atoms with Crippen LogP contribution in [0.1, 0.15) is 24.3 Å². The van der Waals surface area contributed by atoms with E-state index in [2.05, 4.69) is 49.3 Å². The normalized spacial score (nSPS) is 30.6. The average Bonchev–Trinajstić information content (AvgIpc) is 3.16. The number of likely N-dealkylation sites (N-methyl/N-ethyl adjacent to an activating group) is 1. The fourth-order valence-electron chi connectivity index (χ4n) is 3.64. The molecule has 2 aliphatic rings. The highest BCUT2D eigenvalue weighted by Crippen LogP contribution is 2.46. The summed E-state index contributed by atoms with van der Waals surface area (Å²) in [5, 5.41) is 0. The Balaban J connectivity index is 1.52. The lowest BCUT2D eigenvalue weighted by Crippen LogP contribution is -2.47. The number of nitrogens with zero attached hydrogens (tertiary/aromatic N) is 2. The van der Waals surface area contributed by atoms with Crippen molar-refractivity contribution in [1.29, 1.82) is 0 Å². The second-order valence-electron chi connectivity index (χ2n) is 7.17. The first-order valence-corrected chi connectivity index (χ1v) is 7.92. The zero-order chi connectivity index (χ0) is 14.2. The minimum atomic E-state index is 0.406. The summed E-state index contributed by atoms with van der Waals surface area (Å²) in [6, 6.07) is 12.2. The lowest BCUT2D eigenvalue weighted by Gasteiger charge is -2.32. The van der Waals surface area contributed by atoms with Crippen LogP contribution in [0, 0.1) is 0 Å². The predicted molar refractivity (Wildman–Crippen MR) is 83.6 cm³/mol. The molecule has 3 nitrogen and oxygen atoms in total. The van der Waals surface area contributed by atoms with Crippen LogP contribution in [0.15, 0.2) is 30.3 Å². The largest absolute Gasteiger partial charge is 0.326 e. The number of hydrogen-bond donors (Lipinski definition) is 1. The van der Waals surface area contributed by atoms with E-state index in [0.29, 0.717) is 6.04 Å². The van der Waals surface area contributed by atoms with Gasteiger partial charge in [-0.1, -0.05) is 30.3 Å². The van der Waals surface area contributed by atoms with Gasteiger partial charge in [0.25, 0.3) is 0 Å². The van der Waals surface area contributed by atoms with Gasteiger partial charge in [0.1, 0.15) is 0 Å². The van der Waals surface area contributed by atoms with Crippen molar-refractivity contribution in [1.82, 2.24) is 4.90 Å². The highest BCUT2D eigenvalue weighted by Gasteiger charge is 2.49. The molecule has 1 aromatic rings. The monoisotopic (exact) mass is 274 g/mol. The lowest BCUT2D eigenvalue weighted by atomic mass is 10.1. The minimum Gasteiger partial charge on any atom is -0.326 e. The molecule has 1 heterocycles. The molecule has 2 N–H and O–H groups in total. The van der Waals surface area contributed by atoms with E-state index in [4.69, 9.17) is 5.73 Å². The standard InChI is InChI=1S/C17H28N3/c1-20(2,11-10-19-9-8-15(18)13-19)17-12-16(17)14-6-4-3-5-7-14/h3-7,15-17H,8-13,18H2,1-2H3/q+1/t15-,16-,17+/m0/s1. The van der Waals surface area contributed by atoms with Crippen molar-refractivity contribution in [3.8, 4) is 0 Å². The quantitative estimate of drug-likeness (QED) is 0.827. The van der Waals surface area contributed by atoms with Gasteiger partial charge < -0.3 is 10.2 Å². The molecule has 2 fully saturated rings. The van der Waals surface area contributed by atoms with Crippen LogP contribution in [0.25, 0.3) is 0 Å². The number of quaternary nitrogens is 1. The Morgan fingerprint density at radius 3 is 2.65 bits per heavy atom. The predicted octanol–water partition coefficient (Wildman–Crippen LogP) is 1.65. The Bertz CT molecular complexity index is 443. The van der Waals surface area contributed by atoms with Gasteiger partial charge in [-0.2, -0.15) is 0 Å². The van der Waals surface area contributed by atoms with Crippen LogP contribution in [-0.4, -0.2) is 61.7 Å². The molecule has 0 unspecified atom stereocenters. The van der Waals surface area contributed by atoms with Crippen molar-refractivity contribution in [2.24, 2.45) is 5.73 Å². The molecule has 1 aliphatic carbocycles. The Morgan fingerprint density at radius 1 is 1.25 bits per heavy atom. The number of likely N-dealkylation sites (tertiary alicyclic amines) is 1. The summed E-state index contributed by atoms with van der Waals surface area (Å²) in [6.07, 6.45) is 2.51. The van der Waals surface area contributed by atoms with Gasteiger partial charge in [-0.05, 0) is 18.5 Å². The fourth-order valence-corrected chi connectivity index (χ4v) is 3.64. The average molecular weight is 274 g/mol. The fraction of sp³-hybridized carbons (Fsp3) is 0.647. The second kappa shape index (κ2) is 5.47. The van der Waals surface area contributed by atoms with Crippen molar-refractivity contribution >= 4 is 0 Å². The molecule has 3 heteroatoms. The maximum Gasteiger partial charge on any atom is 0.0966 e. The third-order valence-electron chi connectivity index (χ3n) is 5.18. The Morgan fingerprint density at radius 2 is 2.00 bits per heavy atom. The van der Waals surface area contributed by atoms with Crippen molar-refractivity contribution < 1.29 is 4.48 Å². The van der Waals surface area contributed by atoms with E-state index in [1.165, 1.54) is 38.0 Å². The molecule has 1 saturated carbocycles. The molecule has 20 heavy (non-hydrogen) atoms. The third-order valence-corrected chi connectivity index (χ3v) is 5.18. The zero-order valence-corrected chi connectivity index (χ0v) is 12.8. The third kappa shape index (κ3) is 3.05. The summed E-state index contributed by atoms with van der Waals surface area (Å²) in [5.74, 6) is 0.770. The summed E-state index contributed by atoms with van der Waals surface area (Å²) in [6.45, 7) is 4.71. The highest BCUT2D eigenvalue weighted by molar-refractivity contribution is 5.26. The van der Waals surface area contributed by atoms with Gasteiger partial charge in [-0.15, -0.1) is 0 Å². The Kier molecular flexibility index (Phi) is 3.85. The number of benzene rings is 1. The van der Waals surface area contributed by atoms with Crippen molar-refractivity contribution in [3.63, 3.8) is 0 Å². The molecule has 1 saturated heterocycles. The van der Waals surface area contributed by atoms with E-state index in [-0.39, 0.29) is 0 Å². The number of nitrogens with two attached hydrogens (primary N) is 1. The maximum absolute atomic E-state index is 5.99. The first-order chi connectivity index (χ1) is 9.56. The summed E-state index contributed by atoms with van der Waals surface area (Å²) in [5.41, 5.74) is 7.51. The molecule has 1 aromatic carbocycles. The van der Waals surface area contributed by atoms with Crippen LogP contribution in [0.3, 0.4) is 0 Å². The van der Waals surface area contributed by atoms with E-state index in [1.807, 2.05) is 0 Å². The van der Waals surface area contributed by atoms with Gasteiger partial charge in [0.05, 0.1) is 26.7 Å². The van der Waals surface area contributed by atoms with Crippen LogP contribution < -0.4 is 5.73 Å². The molecule has 0 radical (unpaired) electrons. The van der Waals surface area contributed by atoms with Crippen molar-refractivity contribution in [2.75, 3.05) is 40.3 Å².